The van der Waals surface area contributed by atoms with Gasteiger partial charge in [0.1, 0.15) is 12.4 Å². The Balaban J connectivity index is 1.89. The molecule has 2 aliphatic rings. The molecule has 0 radical (unpaired) electrons. The Labute approximate surface area is 154 Å². The summed E-state index contributed by atoms with van der Waals surface area (Å²) in [6.45, 7) is 7.08. The fourth-order valence-corrected chi connectivity index (χ4v) is 2.94. The molecule has 1 aromatic rings. The number of terminal acetylenes is 1. The molecule has 0 spiro atoms. The van der Waals surface area contributed by atoms with Crippen molar-refractivity contribution in [1.29, 1.82) is 0 Å². The van der Waals surface area contributed by atoms with Gasteiger partial charge >= 0.3 is 0 Å². The Morgan fingerprint density at radius 1 is 1.23 bits per heavy atom. The van der Waals surface area contributed by atoms with Crippen molar-refractivity contribution in [1.82, 2.24) is 5.01 Å². The summed E-state index contributed by atoms with van der Waals surface area (Å²) in [7, 11) is 0. The van der Waals surface area contributed by atoms with Gasteiger partial charge in [0.05, 0.1) is 18.9 Å². The van der Waals surface area contributed by atoms with Crippen LogP contribution in [0.15, 0.2) is 58.6 Å². The number of anilines is 1. The van der Waals surface area contributed by atoms with Crippen LogP contribution in [0.3, 0.4) is 0 Å². The summed E-state index contributed by atoms with van der Waals surface area (Å²) in [6, 6.07) is 5.82. The normalized spacial score (nSPS) is 18.2. The van der Waals surface area contributed by atoms with Crippen LogP contribution in [0.2, 0.25) is 0 Å². The molecular weight excluding hydrogens is 326 g/mol. The molecule has 1 N–H and O–H groups in total. The van der Waals surface area contributed by atoms with Crippen molar-refractivity contribution in [2.75, 3.05) is 18.6 Å². The van der Waals surface area contributed by atoms with Crippen LogP contribution in [-0.2, 0) is 9.47 Å². The highest BCUT2D eigenvalue weighted by Gasteiger charge is 2.28. The third-order valence-corrected chi connectivity index (χ3v) is 4.24. The van der Waals surface area contributed by atoms with Crippen LogP contribution >= 0.6 is 0 Å². The Kier molecular flexibility index (Phi) is 5.33. The summed E-state index contributed by atoms with van der Waals surface area (Å²) >= 11 is 0. The molecule has 0 bridgehead atoms. The van der Waals surface area contributed by atoms with Crippen molar-refractivity contribution in [2.24, 2.45) is 4.99 Å². The van der Waals surface area contributed by atoms with Crippen molar-refractivity contribution in [3.8, 4) is 12.3 Å². The molecule has 5 heteroatoms. The van der Waals surface area contributed by atoms with E-state index in [2.05, 4.69) is 16.3 Å². The Morgan fingerprint density at radius 3 is 2.73 bits per heavy atom. The molecule has 3 rings (SSSR count). The van der Waals surface area contributed by atoms with Gasteiger partial charge in [0.15, 0.2) is 11.5 Å². The Bertz CT molecular complexity index is 843. The number of hydrogen-bond donors (Lipinski definition) is 1. The van der Waals surface area contributed by atoms with Crippen LogP contribution < -0.4 is 5.43 Å². The molecule has 0 saturated carbocycles. The van der Waals surface area contributed by atoms with E-state index in [9.17, 15) is 0 Å². The van der Waals surface area contributed by atoms with E-state index < -0.39 is 0 Å². The first-order valence-corrected chi connectivity index (χ1v) is 8.72. The minimum absolute atomic E-state index is 0.0489. The molecule has 1 aliphatic carbocycles. The first-order valence-electron chi connectivity index (χ1n) is 8.72. The van der Waals surface area contributed by atoms with Crippen LogP contribution in [0.25, 0.3) is 0 Å². The quantitative estimate of drug-likeness (QED) is 0.795. The summed E-state index contributed by atoms with van der Waals surface area (Å²) in [5, 5.41) is 1.94. The van der Waals surface area contributed by atoms with Gasteiger partial charge in [-0.2, -0.15) is 0 Å². The molecule has 0 aromatic heterocycles. The lowest BCUT2D eigenvalue weighted by Gasteiger charge is -2.34. The van der Waals surface area contributed by atoms with Gasteiger partial charge in [-0.3, -0.25) is 10.4 Å². The molecule has 1 aromatic carbocycles. The average Bonchev–Trinajstić information content (AvgIpc) is 2.65. The second kappa shape index (κ2) is 7.83. The maximum atomic E-state index is 5.77. The smallest absolute Gasteiger partial charge is 0.161 e. The second-order valence-corrected chi connectivity index (χ2v) is 5.89. The zero-order valence-corrected chi connectivity index (χ0v) is 15.3. The molecule has 26 heavy (non-hydrogen) atoms. The van der Waals surface area contributed by atoms with Crippen LogP contribution in [0.5, 0.6) is 0 Å². The van der Waals surface area contributed by atoms with Crippen LogP contribution in [0, 0.1) is 19.3 Å². The average molecular weight is 349 g/mol. The second-order valence-electron chi connectivity index (χ2n) is 5.89. The van der Waals surface area contributed by atoms with E-state index in [1.54, 1.807) is 6.34 Å². The van der Waals surface area contributed by atoms with Crippen LogP contribution in [0.1, 0.15) is 25.0 Å². The number of hydrogen-bond acceptors (Lipinski definition) is 5. The maximum absolute atomic E-state index is 5.77. The number of ether oxygens (including phenoxy) is 2. The summed E-state index contributed by atoms with van der Waals surface area (Å²) in [4.78, 5) is 4.34. The fraction of sp³-hybridized carbons (Fsp3) is 0.286. The maximum Gasteiger partial charge on any atom is 0.161 e. The third kappa shape index (κ3) is 3.45. The van der Waals surface area contributed by atoms with Gasteiger partial charge in [0.2, 0.25) is 0 Å². The van der Waals surface area contributed by atoms with Crippen LogP contribution in [-0.4, -0.2) is 30.6 Å². The van der Waals surface area contributed by atoms with Gasteiger partial charge in [0.25, 0.3) is 0 Å². The van der Waals surface area contributed by atoms with Crippen LogP contribution in [0.4, 0.5) is 5.69 Å². The summed E-state index contributed by atoms with van der Waals surface area (Å²) in [5.74, 6) is 4.19. The van der Waals surface area contributed by atoms with Gasteiger partial charge in [-0.15, -0.1) is 6.42 Å². The molecular formula is C21H23N3O2. The van der Waals surface area contributed by atoms with Gasteiger partial charge in [-0.25, -0.2) is 4.99 Å². The number of hydrazine groups is 1. The molecule has 0 fully saturated rings. The first kappa shape index (κ1) is 17.7. The molecule has 0 amide bonds. The molecule has 1 atom stereocenters. The van der Waals surface area contributed by atoms with Gasteiger partial charge in [-0.1, -0.05) is 12.0 Å². The van der Waals surface area contributed by atoms with Gasteiger partial charge < -0.3 is 9.47 Å². The number of fused-ring (bicyclic) bond motifs is 1. The lowest BCUT2D eigenvalue weighted by molar-refractivity contribution is 0.160. The zero-order valence-electron chi connectivity index (χ0n) is 15.3. The number of aliphatic imine (C=N–C) groups is 1. The first-order chi connectivity index (χ1) is 12.7. The van der Waals surface area contributed by atoms with E-state index in [1.165, 1.54) is 0 Å². The minimum atomic E-state index is -0.0489. The predicted octanol–water partition coefficient (Wildman–Crippen LogP) is 3.75. The van der Waals surface area contributed by atoms with Crippen molar-refractivity contribution < 1.29 is 9.47 Å². The van der Waals surface area contributed by atoms with Gasteiger partial charge in [-0.05, 0) is 50.6 Å². The van der Waals surface area contributed by atoms with E-state index in [-0.39, 0.29) is 6.04 Å². The molecule has 134 valence electrons. The number of rotatable bonds is 6. The third-order valence-electron chi connectivity index (χ3n) is 4.24. The SMILES string of the molecule is C#Cc1cccc(NN2C=NC=C3C=C(OCC)C(OCC)=CC32)c1C. The van der Waals surface area contributed by atoms with E-state index in [0.717, 1.165) is 33.9 Å². The van der Waals surface area contributed by atoms with Crippen molar-refractivity contribution >= 4 is 12.0 Å². The lowest BCUT2D eigenvalue weighted by Crippen LogP contribution is -2.41. The highest BCUT2D eigenvalue weighted by atomic mass is 16.5. The standard InChI is InChI=1S/C21H23N3O2/c1-5-16-9-8-10-18(15(16)4)23-24-14-22-13-17-11-20(25-6-2)21(26-7-3)12-19(17)24/h1,8-14,19,23H,6-7H2,2-4H3. The lowest BCUT2D eigenvalue weighted by atomic mass is 9.99. The number of benzene rings is 1. The van der Waals surface area contributed by atoms with E-state index in [4.69, 9.17) is 15.9 Å². The zero-order chi connectivity index (χ0) is 18.5. The summed E-state index contributed by atoms with van der Waals surface area (Å²) in [5.41, 5.74) is 7.27. The molecule has 1 heterocycles. The monoisotopic (exact) mass is 349 g/mol. The molecule has 1 unspecified atom stereocenters. The molecule has 1 aliphatic heterocycles. The topological polar surface area (TPSA) is 46.1 Å². The van der Waals surface area contributed by atoms with E-state index in [0.29, 0.717) is 13.2 Å². The van der Waals surface area contributed by atoms with Crippen molar-refractivity contribution in [3.63, 3.8) is 0 Å². The Morgan fingerprint density at radius 2 is 2.00 bits per heavy atom. The van der Waals surface area contributed by atoms with Crippen molar-refractivity contribution in [2.45, 2.75) is 26.8 Å². The summed E-state index contributed by atoms with van der Waals surface area (Å²) < 4.78 is 11.5. The van der Waals surface area contributed by atoms with E-state index >= 15 is 0 Å². The fourth-order valence-electron chi connectivity index (χ4n) is 2.94. The predicted molar refractivity (Wildman–Crippen MR) is 104 cm³/mol. The molecule has 0 saturated heterocycles. The number of nitrogens with zero attached hydrogens (tertiary/aromatic N) is 2. The minimum Gasteiger partial charge on any atom is -0.490 e. The Hall–Kier alpha value is -3.13. The summed E-state index contributed by atoms with van der Waals surface area (Å²) in [6.07, 6.45) is 13.2. The highest BCUT2D eigenvalue weighted by molar-refractivity contribution is 5.67. The van der Waals surface area contributed by atoms with Gasteiger partial charge in [0, 0.05) is 17.3 Å². The number of nitrogens with one attached hydrogen (secondary N) is 1. The largest absolute Gasteiger partial charge is 0.490 e. The van der Waals surface area contributed by atoms with Crippen molar-refractivity contribution in [3.05, 3.63) is 64.8 Å². The van der Waals surface area contributed by atoms with E-state index in [1.807, 2.05) is 62.3 Å². The molecule has 5 nitrogen and oxygen atoms in total. The highest BCUT2D eigenvalue weighted by Crippen LogP contribution is 2.30.